The molecule has 26 heavy (non-hydrogen) atoms. The number of likely N-dealkylation sites (N-methyl/N-ethyl adjacent to an activating group) is 1. The Hall–Kier alpha value is -2.93. The molecule has 1 aromatic carbocycles. The molecule has 0 saturated carbocycles. The highest BCUT2D eigenvalue weighted by Gasteiger charge is 2.15. The molecule has 0 aliphatic carbocycles. The number of carbonyl (C=O) groups excluding carboxylic acids is 1. The molecule has 1 N–H and O–H groups in total. The van der Waals surface area contributed by atoms with Gasteiger partial charge in [0.1, 0.15) is 5.69 Å². The second kappa shape index (κ2) is 6.76. The molecule has 0 aliphatic rings. The van der Waals surface area contributed by atoms with Crippen molar-refractivity contribution in [3.8, 4) is 11.6 Å². The van der Waals surface area contributed by atoms with Crippen LogP contribution in [0.2, 0.25) is 0 Å². The van der Waals surface area contributed by atoms with Gasteiger partial charge in [0.15, 0.2) is 5.82 Å². The number of hydrogen-bond donors (Lipinski definition) is 1. The zero-order chi connectivity index (χ0) is 18.1. The first-order valence-electron chi connectivity index (χ1n) is 8.30. The van der Waals surface area contributed by atoms with Gasteiger partial charge in [0.2, 0.25) is 0 Å². The van der Waals surface area contributed by atoms with Gasteiger partial charge in [0.05, 0.1) is 5.56 Å². The maximum Gasteiger partial charge on any atom is 0.274 e. The maximum absolute atomic E-state index is 12.2. The van der Waals surface area contributed by atoms with Crippen LogP contribution in [0.25, 0.3) is 22.5 Å². The van der Waals surface area contributed by atoms with E-state index in [2.05, 4.69) is 34.2 Å². The van der Waals surface area contributed by atoms with Crippen LogP contribution >= 0.6 is 11.3 Å². The first kappa shape index (κ1) is 16.5. The van der Waals surface area contributed by atoms with Gasteiger partial charge in [-0.25, -0.2) is 0 Å². The van der Waals surface area contributed by atoms with Crippen molar-refractivity contribution in [2.75, 3.05) is 13.6 Å². The SMILES string of the molecule is Cc1ccc2[nH]c(-c3nc(CCN(C)C(=O)c4ccsc4)no3)cc2c1. The number of aromatic amines is 1. The fourth-order valence-corrected chi connectivity index (χ4v) is 3.44. The van der Waals surface area contributed by atoms with Gasteiger partial charge in [-0.15, -0.1) is 0 Å². The highest BCUT2D eigenvalue weighted by molar-refractivity contribution is 7.08. The van der Waals surface area contributed by atoms with Crippen LogP contribution in [0.15, 0.2) is 45.6 Å². The smallest absolute Gasteiger partial charge is 0.274 e. The minimum atomic E-state index is 0.000885. The molecule has 4 aromatic rings. The first-order valence-corrected chi connectivity index (χ1v) is 9.24. The molecule has 132 valence electrons. The summed E-state index contributed by atoms with van der Waals surface area (Å²) in [5.74, 6) is 1.04. The van der Waals surface area contributed by atoms with Crippen LogP contribution in [0.5, 0.6) is 0 Å². The standard InChI is InChI=1S/C19H18N4O2S/c1-12-3-4-15-14(9-12)10-16(20-15)18-21-17(22-25-18)5-7-23(2)19(24)13-6-8-26-11-13/h3-4,6,8-11,20H,5,7H2,1-2H3. The number of rotatable bonds is 5. The van der Waals surface area contributed by atoms with E-state index >= 15 is 0 Å². The molecule has 0 saturated heterocycles. The number of fused-ring (bicyclic) bond motifs is 1. The zero-order valence-electron chi connectivity index (χ0n) is 14.5. The fraction of sp³-hybridized carbons (Fsp3) is 0.211. The lowest BCUT2D eigenvalue weighted by Crippen LogP contribution is -2.28. The minimum Gasteiger partial charge on any atom is -0.351 e. The third-order valence-corrected chi connectivity index (χ3v) is 4.94. The molecule has 1 amide bonds. The van der Waals surface area contributed by atoms with Crippen molar-refractivity contribution in [1.29, 1.82) is 0 Å². The fourth-order valence-electron chi connectivity index (χ4n) is 2.81. The Kier molecular flexibility index (Phi) is 4.30. The lowest BCUT2D eigenvalue weighted by atomic mass is 10.2. The second-order valence-corrected chi connectivity index (χ2v) is 7.06. The Morgan fingerprint density at radius 2 is 2.19 bits per heavy atom. The van der Waals surface area contributed by atoms with E-state index in [1.807, 2.05) is 29.0 Å². The van der Waals surface area contributed by atoms with E-state index in [9.17, 15) is 4.79 Å². The van der Waals surface area contributed by atoms with Crippen molar-refractivity contribution in [3.63, 3.8) is 0 Å². The molecule has 3 heterocycles. The third-order valence-electron chi connectivity index (χ3n) is 4.26. The predicted octanol–water partition coefficient (Wildman–Crippen LogP) is 3.90. The molecular formula is C19H18N4O2S. The summed E-state index contributed by atoms with van der Waals surface area (Å²) < 4.78 is 5.38. The Morgan fingerprint density at radius 3 is 3.00 bits per heavy atom. The number of thiophene rings is 1. The maximum atomic E-state index is 12.2. The number of aromatic nitrogens is 3. The van der Waals surface area contributed by atoms with Crippen molar-refractivity contribution in [2.45, 2.75) is 13.3 Å². The summed E-state index contributed by atoms with van der Waals surface area (Å²) in [6, 6.07) is 10.0. The summed E-state index contributed by atoms with van der Waals surface area (Å²) in [7, 11) is 1.78. The molecule has 0 fully saturated rings. The minimum absolute atomic E-state index is 0.000885. The molecule has 3 aromatic heterocycles. The van der Waals surface area contributed by atoms with Gasteiger partial charge in [0.25, 0.3) is 11.8 Å². The van der Waals surface area contributed by atoms with Crippen LogP contribution in [-0.4, -0.2) is 39.5 Å². The van der Waals surface area contributed by atoms with Crippen molar-refractivity contribution in [3.05, 3.63) is 58.0 Å². The Labute approximate surface area is 154 Å². The molecular weight excluding hydrogens is 348 g/mol. The molecule has 0 radical (unpaired) electrons. The van der Waals surface area contributed by atoms with Gasteiger partial charge in [-0.2, -0.15) is 16.3 Å². The van der Waals surface area contributed by atoms with Crippen LogP contribution in [0, 0.1) is 6.92 Å². The first-order chi connectivity index (χ1) is 12.6. The number of amides is 1. The quantitative estimate of drug-likeness (QED) is 0.581. The molecule has 0 bridgehead atoms. The van der Waals surface area contributed by atoms with E-state index in [0.29, 0.717) is 30.2 Å². The normalized spacial score (nSPS) is 11.2. The van der Waals surface area contributed by atoms with E-state index in [-0.39, 0.29) is 5.91 Å². The van der Waals surface area contributed by atoms with E-state index in [0.717, 1.165) is 16.6 Å². The summed E-state index contributed by atoms with van der Waals surface area (Å²) in [4.78, 5) is 21.7. The Morgan fingerprint density at radius 1 is 1.31 bits per heavy atom. The summed E-state index contributed by atoms with van der Waals surface area (Å²) in [5.41, 5.74) is 3.74. The van der Waals surface area contributed by atoms with Crippen LogP contribution < -0.4 is 0 Å². The number of aryl methyl sites for hydroxylation is 1. The van der Waals surface area contributed by atoms with Crippen molar-refractivity contribution in [1.82, 2.24) is 20.0 Å². The summed E-state index contributed by atoms with van der Waals surface area (Å²) in [6.07, 6.45) is 0.537. The van der Waals surface area contributed by atoms with Gasteiger partial charge < -0.3 is 14.4 Å². The lowest BCUT2D eigenvalue weighted by Gasteiger charge is -2.14. The molecule has 6 nitrogen and oxygen atoms in total. The highest BCUT2D eigenvalue weighted by Crippen LogP contribution is 2.23. The molecule has 7 heteroatoms. The van der Waals surface area contributed by atoms with Crippen molar-refractivity contribution < 1.29 is 9.32 Å². The summed E-state index contributed by atoms with van der Waals surface area (Å²) >= 11 is 1.51. The number of nitrogens with zero attached hydrogens (tertiary/aromatic N) is 3. The van der Waals surface area contributed by atoms with Crippen LogP contribution in [-0.2, 0) is 6.42 Å². The second-order valence-electron chi connectivity index (χ2n) is 6.28. The van der Waals surface area contributed by atoms with E-state index in [1.54, 1.807) is 11.9 Å². The van der Waals surface area contributed by atoms with Gasteiger partial charge in [0, 0.05) is 36.3 Å². The lowest BCUT2D eigenvalue weighted by molar-refractivity contribution is 0.0796. The monoisotopic (exact) mass is 366 g/mol. The topological polar surface area (TPSA) is 75.0 Å². The van der Waals surface area contributed by atoms with Crippen molar-refractivity contribution >= 4 is 28.1 Å². The zero-order valence-corrected chi connectivity index (χ0v) is 15.3. The predicted molar refractivity (Wildman–Crippen MR) is 101 cm³/mol. The molecule has 0 spiro atoms. The third kappa shape index (κ3) is 3.25. The molecule has 0 unspecified atom stereocenters. The van der Waals surface area contributed by atoms with Crippen molar-refractivity contribution in [2.24, 2.45) is 0 Å². The number of hydrogen-bond acceptors (Lipinski definition) is 5. The number of benzene rings is 1. The number of H-pyrrole nitrogens is 1. The summed E-state index contributed by atoms with van der Waals surface area (Å²) in [6.45, 7) is 2.59. The average Bonchev–Trinajstić information content (AvgIpc) is 3.37. The highest BCUT2D eigenvalue weighted by atomic mass is 32.1. The van der Waals surface area contributed by atoms with E-state index in [1.165, 1.54) is 16.9 Å². The van der Waals surface area contributed by atoms with E-state index in [4.69, 9.17) is 4.52 Å². The summed E-state index contributed by atoms with van der Waals surface area (Å²) in [5, 5.41) is 8.89. The van der Waals surface area contributed by atoms with Crippen LogP contribution in [0.1, 0.15) is 21.7 Å². The van der Waals surface area contributed by atoms with Gasteiger partial charge in [-0.1, -0.05) is 16.8 Å². The van der Waals surface area contributed by atoms with Crippen LogP contribution in [0.4, 0.5) is 0 Å². The Balaban J connectivity index is 1.45. The van der Waals surface area contributed by atoms with Gasteiger partial charge in [-0.05, 0) is 36.6 Å². The molecule has 0 aliphatic heterocycles. The largest absolute Gasteiger partial charge is 0.351 e. The number of nitrogens with one attached hydrogen (secondary N) is 1. The van der Waals surface area contributed by atoms with Gasteiger partial charge >= 0.3 is 0 Å². The molecule has 0 atom stereocenters. The molecule has 4 rings (SSSR count). The number of carbonyl (C=O) groups is 1. The Bertz CT molecular complexity index is 1050. The van der Waals surface area contributed by atoms with Gasteiger partial charge in [-0.3, -0.25) is 4.79 Å². The van der Waals surface area contributed by atoms with Crippen LogP contribution in [0.3, 0.4) is 0 Å². The average molecular weight is 366 g/mol. The van der Waals surface area contributed by atoms with E-state index < -0.39 is 0 Å².